The predicted molar refractivity (Wildman–Crippen MR) is 114 cm³/mol. The van der Waals surface area contributed by atoms with Crippen LogP contribution in [0.2, 0.25) is 0 Å². The molecule has 126 valence electrons. The number of hydrogen-bond acceptors (Lipinski definition) is 8. The highest BCUT2D eigenvalue weighted by molar-refractivity contribution is 7.81. The van der Waals surface area contributed by atoms with Gasteiger partial charge in [-0.1, -0.05) is 13.8 Å². The minimum Gasteiger partial charge on any atom is -0.398 e. The fraction of sp³-hybridized carbons (Fsp3) is 0.250. The molecule has 3 aromatic rings. The molecule has 8 heteroatoms. The predicted octanol–water partition coefficient (Wildman–Crippen LogP) is 4.62. The molecule has 0 fully saturated rings. The topological polar surface area (TPSA) is 77.8 Å². The Kier molecular flexibility index (Phi) is 4.76. The molecule has 0 saturated carbocycles. The van der Waals surface area contributed by atoms with Crippen LogP contribution < -0.4 is 11.5 Å². The maximum Gasteiger partial charge on any atom is 0.106 e. The molecule has 0 bridgehead atoms. The zero-order valence-corrected chi connectivity index (χ0v) is 16.8. The Bertz CT molecular complexity index is 988. The smallest absolute Gasteiger partial charge is 0.106 e. The van der Waals surface area contributed by atoms with Crippen molar-refractivity contribution in [2.45, 2.75) is 45.8 Å². The van der Waals surface area contributed by atoms with Crippen LogP contribution in [0.25, 0.3) is 22.1 Å². The molecule has 3 rings (SSSR count). The Labute approximate surface area is 162 Å². The van der Waals surface area contributed by atoms with Crippen LogP contribution in [-0.4, -0.2) is 9.97 Å². The molecule has 4 nitrogen and oxygen atoms in total. The summed E-state index contributed by atoms with van der Waals surface area (Å²) in [6, 6.07) is 1.71. The molecule has 4 N–H and O–H groups in total. The first-order chi connectivity index (χ1) is 11.3. The highest BCUT2D eigenvalue weighted by Gasteiger charge is 2.21. The van der Waals surface area contributed by atoms with Crippen LogP contribution in [0.15, 0.2) is 25.6 Å². The fourth-order valence-electron chi connectivity index (χ4n) is 2.74. The van der Waals surface area contributed by atoms with E-state index in [2.05, 4.69) is 56.7 Å². The molecule has 0 aliphatic heterocycles. The van der Waals surface area contributed by atoms with Gasteiger partial charge in [0.1, 0.15) is 22.1 Å². The maximum atomic E-state index is 6.31. The maximum absolute atomic E-state index is 6.31. The van der Waals surface area contributed by atoms with Crippen LogP contribution in [0.3, 0.4) is 0 Å². The van der Waals surface area contributed by atoms with E-state index < -0.39 is 0 Å². The lowest BCUT2D eigenvalue weighted by Crippen LogP contribution is -2.05. The van der Waals surface area contributed by atoms with Crippen molar-refractivity contribution in [2.75, 3.05) is 11.5 Å². The van der Waals surface area contributed by atoms with Crippen LogP contribution in [-0.2, 0) is 0 Å². The molecule has 1 aromatic heterocycles. The van der Waals surface area contributed by atoms with Crippen LogP contribution >= 0.6 is 50.5 Å². The van der Waals surface area contributed by atoms with Gasteiger partial charge in [0.25, 0.3) is 0 Å². The van der Waals surface area contributed by atoms with Crippen molar-refractivity contribution in [3.63, 3.8) is 0 Å². The Morgan fingerprint density at radius 3 is 2.08 bits per heavy atom. The summed E-state index contributed by atoms with van der Waals surface area (Å²) in [5.41, 5.74) is 16.8. The van der Waals surface area contributed by atoms with Gasteiger partial charge in [0, 0.05) is 15.5 Å². The Hall–Kier alpha value is -0.960. The third-order valence-corrected chi connectivity index (χ3v) is 6.00. The van der Waals surface area contributed by atoms with Gasteiger partial charge in [0.15, 0.2) is 0 Å². The van der Waals surface area contributed by atoms with Gasteiger partial charge in [-0.15, -0.1) is 50.5 Å². The van der Waals surface area contributed by atoms with Gasteiger partial charge >= 0.3 is 0 Å². The van der Waals surface area contributed by atoms with E-state index in [1.165, 1.54) is 0 Å². The van der Waals surface area contributed by atoms with Crippen molar-refractivity contribution >= 4 is 84.0 Å². The number of nitrogens with zero attached hydrogens (tertiary/aromatic N) is 2. The van der Waals surface area contributed by atoms with E-state index in [4.69, 9.17) is 29.1 Å². The zero-order chi connectivity index (χ0) is 17.8. The molecule has 0 spiro atoms. The second-order valence-corrected chi connectivity index (χ2v) is 7.61. The first-order valence-corrected chi connectivity index (χ1v) is 9.21. The number of rotatable bonds is 2. The molecule has 0 aliphatic carbocycles. The number of aromatic nitrogens is 2. The average Bonchev–Trinajstić information content (AvgIpc) is 2.56. The van der Waals surface area contributed by atoms with Gasteiger partial charge in [0.05, 0.1) is 15.5 Å². The molecule has 0 saturated heterocycles. The van der Waals surface area contributed by atoms with Crippen molar-refractivity contribution in [1.82, 2.24) is 9.97 Å². The van der Waals surface area contributed by atoms with E-state index in [0.717, 1.165) is 16.9 Å². The van der Waals surface area contributed by atoms with E-state index in [-0.39, 0.29) is 5.92 Å². The molecular formula is C16H18N4S4. The third kappa shape index (κ3) is 2.60. The van der Waals surface area contributed by atoms with Gasteiger partial charge < -0.3 is 11.5 Å². The number of fused-ring (bicyclic) bond motifs is 2. The lowest BCUT2D eigenvalue weighted by molar-refractivity contribution is 0.722. The van der Waals surface area contributed by atoms with Gasteiger partial charge in [0.2, 0.25) is 0 Å². The summed E-state index contributed by atoms with van der Waals surface area (Å²) in [7, 11) is 0. The molecule has 0 amide bonds. The second-order valence-electron chi connectivity index (χ2n) is 5.79. The largest absolute Gasteiger partial charge is 0.398 e. The Balaban J connectivity index is 2.53. The molecule has 1 unspecified atom stereocenters. The van der Waals surface area contributed by atoms with Crippen molar-refractivity contribution < 1.29 is 0 Å². The number of anilines is 2. The first kappa shape index (κ1) is 17.8. The van der Waals surface area contributed by atoms with Crippen molar-refractivity contribution in [3.05, 3.63) is 11.6 Å². The SMILES string of the molecule is CCC(C)c1c(N)c(S)c2nc3c(S)cc(N)c(S)c3nc2c1S. The number of nitrogens with two attached hydrogens (primary N) is 2. The fourth-order valence-corrected chi connectivity index (χ4v) is 4.03. The molecule has 2 aromatic carbocycles. The lowest BCUT2D eigenvalue weighted by Gasteiger charge is -2.19. The summed E-state index contributed by atoms with van der Waals surface area (Å²) in [5.74, 6) is 0.238. The van der Waals surface area contributed by atoms with Crippen LogP contribution in [0.5, 0.6) is 0 Å². The second kappa shape index (κ2) is 6.40. The Morgan fingerprint density at radius 1 is 0.917 bits per heavy atom. The van der Waals surface area contributed by atoms with E-state index >= 15 is 0 Å². The van der Waals surface area contributed by atoms with Crippen LogP contribution in [0.4, 0.5) is 11.4 Å². The standard InChI is InChI=1S/C16H18N4S4/c1-3-5(2)8-9(18)16(24)13-12(15(8)23)20-11-10(19-13)7(21)4-6(17)14(11)22/h4-5,21-24H,3,17-18H2,1-2H3. The lowest BCUT2D eigenvalue weighted by atomic mass is 9.96. The minimum absolute atomic E-state index is 0.238. The third-order valence-electron chi connectivity index (χ3n) is 4.28. The van der Waals surface area contributed by atoms with Gasteiger partial charge in [-0.05, 0) is 24.0 Å². The normalized spacial score (nSPS) is 12.9. The summed E-state index contributed by atoms with van der Waals surface area (Å²) < 4.78 is 0. The van der Waals surface area contributed by atoms with Crippen molar-refractivity contribution in [2.24, 2.45) is 0 Å². The highest BCUT2D eigenvalue weighted by Crippen LogP contribution is 2.42. The molecular weight excluding hydrogens is 376 g/mol. The van der Waals surface area contributed by atoms with E-state index in [0.29, 0.717) is 48.1 Å². The van der Waals surface area contributed by atoms with Gasteiger partial charge in [-0.3, -0.25) is 0 Å². The van der Waals surface area contributed by atoms with Gasteiger partial charge in [-0.2, -0.15) is 0 Å². The number of nitrogen functional groups attached to an aromatic ring is 2. The number of hydrogen-bond donors (Lipinski definition) is 6. The summed E-state index contributed by atoms with van der Waals surface area (Å²) in [6.45, 7) is 4.21. The minimum atomic E-state index is 0.238. The molecule has 1 atom stereocenters. The van der Waals surface area contributed by atoms with E-state index in [1.807, 2.05) is 0 Å². The highest BCUT2D eigenvalue weighted by atomic mass is 32.1. The van der Waals surface area contributed by atoms with Crippen LogP contribution in [0.1, 0.15) is 31.7 Å². The average molecular weight is 395 g/mol. The van der Waals surface area contributed by atoms with Crippen molar-refractivity contribution in [1.29, 1.82) is 0 Å². The first-order valence-electron chi connectivity index (χ1n) is 7.42. The molecule has 1 heterocycles. The quantitative estimate of drug-likeness (QED) is 0.218. The summed E-state index contributed by atoms with van der Waals surface area (Å²) in [4.78, 5) is 11.9. The van der Waals surface area contributed by atoms with Crippen LogP contribution in [0, 0.1) is 0 Å². The monoisotopic (exact) mass is 394 g/mol. The number of benzene rings is 2. The molecule has 0 aliphatic rings. The summed E-state index contributed by atoms with van der Waals surface area (Å²) in [5, 5.41) is 0. The van der Waals surface area contributed by atoms with Crippen molar-refractivity contribution in [3.8, 4) is 0 Å². The molecule has 24 heavy (non-hydrogen) atoms. The van der Waals surface area contributed by atoms with Gasteiger partial charge in [-0.25, -0.2) is 9.97 Å². The zero-order valence-electron chi connectivity index (χ0n) is 13.2. The van der Waals surface area contributed by atoms with E-state index in [9.17, 15) is 0 Å². The Morgan fingerprint density at radius 2 is 1.46 bits per heavy atom. The van der Waals surface area contributed by atoms with E-state index in [1.54, 1.807) is 6.07 Å². The summed E-state index contributed by atoms with van der Waals surface area (Å²) in [6.07, 6.45) is 0.934. The number of thiol groups is 4. The molecule has 0 radical (unpaired) electrons. The summed E-state index contributed by atoms with van der Waals surface area (Å²) >= 11 is 18.2.